The molecule has 0 fully saturated rings. The number of benzene rings is 2. The van der Waals surface area contributed by atoms with Crippen molar-refractivity contribution in [2.24, 2.45) is 0 Å². The maximum atomic E-state index is 11.8. The summed E-state index contributed by atoms with van der Waals surface area (Å²) in [6.45, 7) is 2.25. The van der Waals surface area contributed by atoms with Crippen molar-refractivity contribution in [3.8, 4) is 0 Å². The fourth-order valence-corrected chi connectivity index (χ4v) is 5.89. The Bertz CT molecular complexity index is 1070. The second-order valence-corrected chi connectivity index (χ2v) is 10.2. The largest absolute Gasteiger partial charge is 0.748 e. The zero-order valence-corrected chi connectivity index (χ0v) is 23.8. The maximum absolute atomic E-state index is 11.8. The zero-order chi connectivity index (χ0) is 25.5. The number of rotatable bonds is 12. The Morgan fingerprint density at radius 1 is 0.838 bits per heavy atom. The molecule has 0 saturated carbocycles. The summed E-state index contributed by atoms with van der Waals surface area (Å²) >= 11 is 1.81. The van der Waals surface area contributed by atoms with Gasteiger partial charge < -0.3 is 35.1 Å². The van der Waals surface area contributed by atoms with Crippen LogP contribution in [0.1, 0.15) is 61.3 Å². The van der Waals surface area contributed by atoms with E-state index in [4.69, 9.17) is 4.74 Å². The number of unbranched alkanes of at least 4 members (excludes halogenated alkanes) is 3. The number of hydrogen-bond donors (Lipinski definition) is 0. The molecule has 0 aliphatic rings. The van der Waals surface area contributed by atoms with Crippen molar-refractivity contribution < 1.29 is 26.6 Å². The quantitative estimate of drug-likeness (QED) is 0.0760. The monoisotopic (exact) mass is 554 g/mol. The van der Waals surface area contributed by atoms with Gasteiger partial charge >= 0.3 is 5.97 Å². The van der Waals surface area contributed by atoms with Crippen LogP contribution < -0.4 is 0 Å². The fourth-order valence-electron chi connectivity index (χ4n) is 4.40. The summed E-state index contributed by atoms with van der Waals surface area (Å²) in [5, 5.41) is 0. The molecule has 0 aliphatic heterocycles. The summed E-state index contributed by atoms with van der Waals surface area (Å²) in [5.74, 6) is 0.519. The molecule has 0 N–H and O–H groups in total. The van der Waals surface area contributed by atoms with Gasteiger partial charge in [-0.25, -0.2) is 12.1 Å². The van der Waals surface area contributed by atoms with E-state index in [1.54, 1.807) is 11.8 Å². The van der Waals surface area contributed by atoms with Crippen LogP contribution in [0.15, 0.2) is 109 Å². The number of methoxy groups -OCH3 is 1. The average Bonchev–Trinajstić information content (AvgIpc) is 3.68. The zero-order valence-electron chi connectivity index (χ0n) is 21.9. The molecular formula is C33H38FeO2S-6. The van der Waals surface area contributed by atoms with Gasteiger partial charge in [0.05, 0.1) is 13.5 Å². The molecule has 37 heavy (non-hydrogen) atoms. The molecule has 202 valence electrons. The van der Waals surface area contributed by atoms with Gasteiger partial charge in [-0.3, -0.25) is 4.79 Å². The topological polar surface area (TPSA) is 26.3 Å². The number of aryl methyl sites for hydroxylation is 1. The third-order valence-corrected chi connectivity index (χ3v) is 7.89. The fraction of sp³-hybridized carbons (Fsp3) is 0.303. The minimum atomic E-state index is -0.362. The van der Waals surface area contributed by atoms with Gasteiger partial charge in [-0.05, 0) is 29.5 Å². The van der Waals surface area contributed by atoms with Crippen LogP contribution in [-0.4, -0.2) is 18.8 Å². The summed E-state index contributed by atoms with van der Waals surface area (Å²) in [7, 11) is 1.45. The van der Waals surface area contributed by atoms with E-state index < -0.39 is 0 Å². The van der Waals surface area contributed by atoms with Crippen molar-refractivity contribution in [2.75, 3.05) is 12.9 Å². The second-order valence-electron chi connectivity index (χ2n) is 8.87. The van der Waals surface area contributed by atoms with E-state index in [9.17, 15) is 4.79 Å². The van der Waals surface area contributed by atoms with Gasteiger partial charge in [0.15, 0.2) is 0 Å². The molecule has 4 rings (SSSR count). The average molecular weight is 555 g/mol. The first-order valence-corrected chi connectivity index (χ1v) is 13.9. The Balaban J connectivity index is 0.000000716. The predicted molar refractivity (Wildman–Crippen MR) is 154 cm³/mol. The first kappa shape index (κ1) is 30.7. The normalized spacial score (nSPS) is 11.9. The Kier molecular flexibility index (Phi) is 14.2. The SMILES string of the molecule is CCCCCCc1ccc(C(SCCC(=O)OC)(c2ccccc2)[c-]2cccc2)cc1.[Fe].[cH-]1[cH-][cH-][cH-][cH-]1. The summed E-state index contributed by atoms with van der Waals surface area (Å²) < 4.78 is 4.52. The van der Waals surface area contributed by atoms with Gasteiger partial charge in [-0.2, -0.15) is 23.9 Å². The summed E-state index contributed by atoms with van der Waals surface area (Å²) in [5.41, 5.74) is 5.11. The Hall–Kier alpha value is -2.52. The number of esters is 1. The third-order valence-electron chi connectivity index (χ3n) is 6.34. The molecule has 0 amide bonds. The van der Waals surface area contributed by atoms with Crippen LogP contribution in [0, 0.1) is 0 Å². The molecule has 0 saturated heterocycles. The van der Waals surface area contributed by atoms with Crippen molar-refractivity contribution in [1.82, 2.24) is 0 Å². The second kappa shape index (κ2) is 17.1. The Morgan fingerprint density at radius 2 is 1.43 bits per heavy atom. The molecule has 0 bridgehead atoms. The number of thioether (sulfide) groups is 1. The van der Waals surface area contributed by atoms with E-state index >= 15 is 0 Å². The van der Waals surface area contributed by atoms with Crippen LogP contribution in [-0.2, 0) is 37.8 Å². The van der Waals surface area contributed by atoms with Crippen LogP contribution in [0.2, 0.25) is 0 Å². The summed E-state index contributed by atoms with van der Waals surface area (Å²) in [6, 6.07) is 38.3. The van der Waals surface area contributed by atoms with E-state index in [1.807, 2.05) is 30.3 Å². The maximum Gasteiger partial charge on any atom is 0.306 e. The van der Waals surface area contributed by atoms with Crippen molar-refractivity contribution in [2.45, 2.75) is 50.2 Å². The Labute approximate surface area is 238 Å². The molecule has 0 radical (unpaired) electrons. The van der Waals surface area contributed by atoms with E-state index in [2.05, 4.69) is 85.8 Å². The standard InChI is InChI=1S/C28H33O2S.C5H5.Fe/c1-3-4-5-7-12-23-17-19-26(20-18-23)28(25-15-10-11-16-25,24-13-8-6-9-14-24)31-22-21-27(29)30-2;1-2-4-5-3-1;/h6,8-11,13-20H,3-5,7,12,21-22H2,1-2H3;1-5H;/q-1;-5;. The van der Waals surface area contributed by atoms with E-state index in [1.165, 1.54) is 55.0 Å². The van der Waals surface area contributed by atoms with Gasteiger partial charge in [0.25, 0.3) is 0 Å². The number of hydrogen-bond acceptors (Lipinski definition) is 3. The van der Waals surface area contributed by atoms with Crippen LogP contribution in [0.25, 0.3) is 0 Å². The molecule has 1 unspecified atom stereocenters. The van der Waals surface area contributed by atoms with Gasteiger partial charge in [-0.1, -0.05) is 80.8 Å². The molecule has 4 aromatic carbocycles. The first-order valence-electron chi connectivity index (χ1n) is 12.9. The van der Waals surface area contributed by atoms with Crippen molar-refractivity contribution in [1.29, 1.82) is 0 Å². The van der Waals surface area contributed by atoms with Crippen LogP contribution in [0.4, 0.5) is 0 Å². The minimum Gasteiger partial charge on any atom is -0.748 e. The third kappa shape index (κ3) is 9.07. The van der Waals surface area contributed by atoms with Gasteiger partial charge in [0.2, 0.25) is 0 Å². The Morgan fingerprint density at radius 3 is 2.00 bits per heavy atom. The van der Waals surface area contributed by atoms with Crippen LogP contribution >= 0.6 is 11.8 Å². The number of carbonyl (C=O) groups excluding carboxylic acids is 1. The van der Waals surface area contributed by atoms with Crippen LogP contribution in [0.3, 0.4) is 0 Å². The minimum absolute atomic E-state index is 0. The first-order chi connectivity index (χ1) is 17.7. The van der Waals surface area contributed by atoms with E-state index in [0.717, 1.165) is 6.42 Å². The molecular weight excluding hydrogens is 516 g/mol. The van der Waals surface area contributed by atoms with E-state index in [0.29, 0.717) is 12.2 Å². The summed E-state index contributed by atoms with van der Waals surface area (Å²) in [4.78, 5) is 11.8. The number of ether oxygens (including phenoxy) is 1. The molecule has 1 atom stereocenters. The molecule has 0 heterocycles. The van der Waals surface area contributed by atoms with Crippen molar-refractivity contribution >= 4 is 17.7 Å². The number of carbonyl (C=O) groups is 1. The van der Waals surface area contributed by atoms with Crippen LogP contribution in [0.5, 0.6) is 0 Å². The molecule has 0 aromatic heterocycles. The predicted octanol–water partition coefficient (Wildman–Crippen LogP) is 8.52. The van der Waals surface area contributed by atoms with Gasteiger partial charge in [0, 0.05) is 27.6 Å². The molecule has 0 aliphatic carbocycles. The molecule has 2 nitrogen and oxygen atoms in total. The van der Waals surface area contributed by atoms with Gasteiger partial charge in [-0.15, -0.1) is 5.56 Å². The van der Waals surface area contributed by atoms with Crippen molar-refractivity contribution in [3.63, 3.8) is 0 Å². The van der Waals surface area contributed by atoms with Gasteiger partial charge in [0.1, 0.15) is 0 Å². The molecule has 4 heteroatoms. The van der Waals surface area contributed by atoms with E-state index in [-0.39, 0.29) is 27.8 Å². The molecule has 0 spiro atoms. The molecule has 4 aromatic rings. The summed E-state index contributed by atoms with van der Waals surface area (Å²) in [6.07, 6.45) is 6.64. The smallest absolute Gasteiger partial charge is 0.306 e. The van der Waals surface area contributed by atoms with Crippen molar-refractivity contribution in [3.05, 3.63) is 131 Å².